The normalized spacial score (nSPS) is 33.0. The van der Waals surface area contributed by atoms with Gasteiger partial charge in [0.2, 0.25) is 0 Å². The van der Waals surface area contributed by atoms with Gasteiger partial charge in [0.25, 0.3) is 0 Å². The summed E-state index contributed by atoms with van der Waals surface area (Å²) in [6.45, 7) is 17.1. The summed E-state index contributed by atoms with van der Waals surface area (Å²) in [4.78, 5) is 5.53. The number of rotatable bonds is 5. The van der Waals surface area contributed by atoms with E-state index in [1.165, 1.54) is 58.3 Å². The maximum absolute atomic E-state index is 2.84. The second kappa shape index (κ2) is 7.97. The summed E-state index contributed by atoms with van der Waals surface area (Å²) in [5.74, 6) is 2.71. The molecule has 1 aliphatic carbocycles. The Morgan fingerprint density at radius 2 is 1.62 bits per heavy atom. The second-order valence-corrected chi connectivity index (χ2v) is 8.38. The molecule has 2 nitrogen and oxygen atoms in total. The monoisotopic (exact) mass is 294 g/mol. The Labute approximate surface area is 133 Å². The van der Waals surface area contributed by atoms with Crippen molar-refractivity contribution in [1.29, 1.82) is 0 Å². The first-order valence-corrected chi connectivity index (χ1v) is 9.45. The predicted molar refractivity (Wildman–Crippen MR) is 92.6 cm³/mol. The van der Waals surface area contributed by atoms with Crippen LogP contribution < -0.4 is 0 Å². The molecule has 1 saturated carbocycles. The Bertz CT molecular complexity index is 292. The van der Waals surface area contributed by atoms with E-state index in [0.29, 0.717) is 0 Å². The largest absolute Gasteiger partial charge is 0.301 e. The first kappa shape index (κ1) is 17.3. The van der Waals surface area contributed by atoms with E-state index in [0.717, 1.165) is 29.8 Å². The quantitative estimate of drug-likeness (QED) is 0.748. The van der Waals surface area contributed by atoms with E-state index in [2.05, 4.69) is 44.4 Å². The third-order valence-electron chi connectivity index (χ3n) is 5.94. The average molecular weight is 295 g/mol. The number of hydrogen-bond donors (Lipinski definition) is 0. The molecule has 1 heterocycles. The molecule has 2 fully saturated rings. The van der Waals surface area contributed by atoms with Crippen molar-refractivity contribution in [2.45, 2.75) is 78.8 Å². The lowest BCUT2D eigenvalue weighted by atomic mass is 9.79. The Morgan fingerprint density at radius 3 is 2.14 bits per heavy atom. The van der Waals surface area contributed by atoms with Crippen molar-refractivity contribution in [3.63, 3.8) is 0 Å². The average Bonchev–Trinajstić information content (AvgIpc) is 2.45. The Morgan fingerprint density at radius 1 is 0.952 bits per heavy atom. The lowest BCUT2D eigenvalue weighted by Gasteiger charge is -2.46. The summed E-state index contributed by atoms with van der Waals surface area (Å²) in [6, 6.07) is 1.63. The minimum Gasteiger partial charge on any atom is -0.301 e. The van der Waals surface area contributed by atoms with E-state index in [9.17, 15) is 0 Å². The Kier molecular flexibility index (Phi) is 6.55. The molecule has 0 unspecified atom stereocenters. The zero-order valence-electron chi connectivity index (χ0n) is 15.1. The fourth-order valence-electron chi connectivity index (χ4n) is 4.33. The van der Waals surface area contributed by atoms with Gasteiger partial charge in [-0.3, -0.25) is 4.90 Å². The summed E-state index contributed by atoms with van der Waals surface area (Å²) in [7, 11) is 0. The molecule has 1 aliphatic heterocycles. The first-order valence-electron chi connectivity index (χ1n) is 9.45. The zero-order valence-corrected chi connectivity index (χ0v) is 15.1. The van der Waals surface area contributed by atoms with Crippen molar-refractivity contribution in [2.75, 3.05) is 26.2 Å². The van der Waals surface area contributed by atoms with E-state index in [4.69, 9.17) is 0 Å². The third-order valence-corrected chi connectivity index (χ3v) is 5.94. The van der Waals surface area contributed by atoms with Gasteiger partial charge in [0.05, 0.1) is 0 Å². The molecule has 124 valence electrons. The number of hydrogen-bond acceptors (Lipinski definition) is 2. The molecule has 0 aromatic rings. The van der Waals surface area contributed by atoms with Gasteiger partial charge in [-0.15, -0.1) is 0 Å². The molecule has 0 spiro atoms. The highest BCUT2D eigenvalue weighted by Crippen LogP contribution is 2.33. The van der Waals surface area contributed by atoms with Crippen LogP contribution in [0.25, 0.3) is 0 Å². The van der Waals surface area contributed by atoms with Crippen LogP contribution >= 0.6 is 0 Å². The van der Waals surface area contributed by atoms with Crippen molar-refractivity contribution < 1.29 is 0 Å². The molecule has 2 rings (SSSR count). The highest BCUT2D eigenvalue weighted by Gasteiger charge is 2.32. The van der Waals surface area contributed by atoms with Crippen LogP contribution in [0.1, 0.15) is 66.7 Å². The van der Waals surface area contributed by atoms with Gasteiger partial charge in [-0.05, 0) is 63.3 Å². The molecular weight excluding hydrogens is 256 g/mol. The fourth-order valence-corrected chi connectivity index (χ4v) is 4.33. The van der Waals surface area contributed by atoms with Crippen molar-refractivity contribution in [2.24, 2.45) is 17.8 Å². The molecule has 0 bridgehead atoms. The molecule has 0 aromatic carbocycles. The standard InChI is InChI=1S/C19H38N2/c1-15(2)10-11-20-12-13-21(17(5)14-20)19-8-6-18(7-9-19)16(3)4/h15-19H,6-14H2,1-5H3/t17-,18?,19?/m1/s1. The van der Waals surface area contributed by atoms with Crippen LogP contribution in [0, 0.1) is 17.8 Å². The second-order valence-electron chi connectivity index (χ2n) is 8.38. The molecule has 1 saturated heterocycles. The lowest BCUT2D eigenvalue weighted by Crippen LogP contribution is -2.56. The summed E-state index contributed by atoms with van der Waals surface area (Å²) >= 11 is 0. The molecule has 0 N–H and O–H groups in total. The van der Waals surface area contributed by atoms with E-state index in [-0.39, 0.29) is 0 Å². The maximum Gasteiger partial charge on any atom is 0.0198 e. The third kappa shape index (κ3) is 4.96. The number of nitrogens with zero attached hydrogens (tertiary/aromatic N) is 2. The first-order chi connectivity index (χ1) is 9.97. The molecule has 0 amide bonds. The van der Waals surface area contributed by atoms with Gasteiger partial charge in [0.15, 0.2) is 0 Å². The SMILES string of the molecule is CC(C)CCN1CCN(C2CCC(C(C)C)CC2)[C@H](C)C1. The zero-order chi connectivity index (χ0) is 15.4. The molecule has 2 aliphatic rings. The predicted octanol–water partition coefficient (Wildman–Crippen LogP) is 4.25. The fraction of sp³-hybridized carbons (Fsp3) is 1.00. The van der Waals surface area contributed by atoms with Crippen molar-refractivity contribution >= 4 is 0 Å². The number of piperazine rings is 1. The topological polar surface area (TPSA) is 6.48 Å². The van der Waals surface area contributed by atoms with Crippen LogP contribution in [-0.4, -0.2) is 48.1 Å². The van der Waals surface area contributed by atoms with Gasteiger partial charge >= 0.3 is 0 Å². The highest BCUT2D eigenvalue weighted by atomic mass is 15.3. The lowest BCUT2D eigenvalue weighted by molar-refractivity contribution is 0.0245. The van der Waals surface area contributed by atoms with Crippen LogP contribution in [-0.2, 0) is 0 Å². The Hall–Kier alpha value is -0.0800. The summed E-state index contributed by atoms with van der Waals surface area (Å²) in [5, 5.41) is 0. The van der Waals surface area contributed by atoms with Crippen molar-refractivity contribution in [3.05, 3.63) is 0 Å². The van der Waals surface area contributed by atoms with Gasteiger partial charge in [-0.1, -0.05) is 27.7 Å². The van der Waals surface area contributed by atoms with Gasteiger partial charge < -0.3 is 4.90 Å². The molecule has 2 heteroatoms. The highest BCUT2D eigenvalue weighted by molar-refractivity contribution is 4.87. The van der Waals surface area contributed by atoms with Crippen molar-refractivity contribution in [1.82, 2.24) is 9.80 Å². The molecular formula is C19H38N2. The molecule has 0 aromatic heterocycles. The minimum absolute atomic E-state index is 0.756. The van der Waals surface area contributed by atoms with Crippen LogP contribution in [0.5, 0.6) is 0 Å². The van der Waals surface area contributed by atoms with E-state index >= 15 is 0 Å². The van der Waals surface area contributed by atoms with E-state index < -0.39 is 0 Å². The molecule has 21 heavy (non-hydrogen) atoms. The van der Waals surface area contributed by atoms with E-state index in [1.807, 2.05) is 0 Å². The maximum atomic E-state index is 2.84. The smallest absolute Gasteiger partial charge is 0.0198 e. The molecule has 0 radical (unpaired) electrons. The van der Waals surface area contributed by atoms with E-state index in [1.54, 1.807) is 0 Å². The minimum atomic E-state index is 0.756. The Balaban J connectivity index is 1.76. The van der Waals surface area contributed by atoms with Crippen molar-refractivity contribution in [3.8, 4) is 0 Å². The van der Waals surface area contributed by atoms with Gasteiger partial charge in [-0.25, -0.2) is 0 Å². The van der Waals surface area contributed by atoms with Gasteiger partial charge in [-0.2, -0.15) is 0 Å². The molecule has 1 atom stereocenters. The van der Waals surface area contributed by atoms with Gasteiger partial charge in [0, 0.05) is 31.7 Å². The summed E-state index contributed by atoms with van der Waals surface area (Å²) < 4.78 is 0. The van der Waals surface area contributed by atoms with Crippen LogP contribution in [0.4, 0.5) is 0 Å². The van der Waals surface area contributed by atoms with Gasteiger partial charge in [0.1, 0.15) is 0 Å². The van der Waals surface area contributed by atoms with Crippen LogP contribution in [0.2, 0.25) is 0 Å². The van der Waals surface area contributed by atoms with Crippen LogP contribution in [0.3, 0.4) is 0 Å². The summed E-state index contributed by atoms with van der Waals surface area (Å²) in [6.07, 6.45) is 7.16. The summed E-state index contributed by atoms with van der Waals surface area (Å²) in [5.41, 5.74) is 0. The van der Waals surface area contributed by atoms with Crippen LogP contribution in [0.15, 0.2) is 0 Å².